The molecule has 5 heteroatoms. The quantitative estimate of drug-likeness (QED) is 0.726. The Hall–Kier alpha value is -2.69. The van der Waals surface area contributed by atoms with E-state index in [1.807, 2.05) is 24.3 Å². The minimum atomic E-state index is -0.160. The highest BCUT2D eigenvalue weighted by atomic mass is 16.5. The molecular weight excluding hydrogens is 242 g/mol. The molecule has 0 amide bonds. The van der Waals surface area contributed by atoms with Crippen LogP contribution in [-0.4, -0.2) is 27.8 Å². The molecule has 0 fully saturated rings. The number of carbonyl (C=O) groups is 1. The molecule has 0 aliphatic heterocycles. The highest BCUT2D eigenvalue weighted by Gasteiger charge is 2.15. The van der Waals surface area contributed by atoms with Gasteiger partial charge in [-0.25, -0.2) is 9.97 Å². The van der Waals surface area contributed by atoms with Crippen LogP contribution in [-0.2, 0) is 0 Å². The highest BCUT2D eigenvalue weighted by molar-refractivity contribution is 6.15. The normalized spacial score (nSPS) is 10.6. The molecule has 3 aromatic rings. The summed E-state index contributed by atoms with van der Waals surface area (Å²) in [6, 6.07) is 7.63. The number of methoxy groups -OCH3 is 1. The van der Waals surface area contributed by atoms with Crippen molar-refractivity contribution in [2.75, 3.05) is 7.11 Å². The Morgan fingerprint density at radius 1 is 1.21 bits per heavy atom. The number of nitrogens with one attached hydrogen (secondary N) is 1. The van der Waals surface area contributed by atoms with Crippen molar-refractivity contribution in [2.45, 2.75) is 0 Å². The molecule has 5 nitrogen and oxygen atoms in total. The Morgan fingerprint density at radius 2 is 2.05 bits per heavy atom. The van der Waals surface area contributed by atoms with Crippen molar-refractivity contribution in [3.63, 3.8) is 0 Å². The maximum absolute atomic E-state index is 12.4. The molecule has 0 radical (unpaired) electrons. The second-order valence-electron chi connectivity index (χ2n) is 4.02. The summed E-state index contributed by atoms with van der Waals surface area (Å²) in [6.07, 6.45) is 4.55. The van der Waals surface area contributed by atoms with Gasteiger partial charge in [0, 0.05) is 22.7 Å². The van der Waals surface area contributed by atoms with Crippen molar-refractivity contribution in [1.82, 2.24) is 15.0 Å². The minimum Gasteiger partial charge on any atom is -0.480 e. The summed E-state index contributed by atoms with van der Waals surface area (Å²) < 4.78 is 4.92. The summed E-state index contributed by atoms with van der Waals surface area (Å²) in [4.78, 5) is 23.5. The van der Waals surface area contributed by atoms with Crippen LogP contribution in [0.15, 0.2) is 42.9 Å². The summed E-state index contributed by atoms with van der Waals surface area (Å²) in [7, 11) is 1.51. The van der Waals surface area contributed by atoms with Gasteiger partial charge in [-0.1, -0.05) is 18.2 Å². The molecule has 2 aromatic heterocycles. The lowest BCUT2D eigenvalue weighted by Crippen LogP contribution is -2.04. The Kier molecular flexibility index (Phi) is 2.72. The van der Waals surface area contributed by atoms with Gasteiger partial charge in [-0.2, -0.15) is 0 Å². The molecule has 0 unspecified atom stereocenters. The third-order valence-corrected chi connectivity index (χ3v) is 2.90. The van der Waals surface area contributed by atoms with Crippen molar-refractivity contribution >= 4 is 16.7 Å². The molecule has 0 bridgehead atoms. The van der Waals surface area contributed by atoms with E-state index in [-0.39, 0.29) is 5.78 Å². The number of hydrogen-bond acceptors (Lipinski definition) is 4. The van der Waals surface area contributed by atoms with Gasteiger partial charge in [0.15, 0.2) is 0 Å². The maximum Gasteiger partial charge on any atom is 0.232 e. The van der Waals surface area contributed by atoms with Crippen LogP contribution in [0.5, 0.6) is 5.88 Å². The first kappa shape index (κ1) is 11.4. The number of H-pyrrole nitrogens is 1. The standard InChI is InChI=1S/C14H11N3O2/c1-19-13-8-16-12(7-17-13)14(18)10-6-15-11-5-3-2-4-9(10)11/h2-8,15H,1H3. The topological polar surface area (TPSA) is 67.9 Å². The first-order valence-electron chi connectivity index (χ1n) is 5.76. The third-order valence-electron chi connectivity index (χ3n) is 2.90. The lowest BCUT2D eigenvalue weighted by Gasteiger charge is -2.00. The number of carbonyl (C=O) groups excluding carboxylic acids is 1. The fourth-order valence-corrected chi connectivity index (χ4v) is 1.94. The molecule has 0 aliphatic carbocycles. The van der Waals surface area contributed by atoms with Gasteiger partial charge < -0.3 is 9.72 Å². The zero-order valence-corrected chi connectivity index (χ0v) is 10.3. The largest absolute Gasteiger partial charge is 0.480 e. The van der Waals surface area contributed by atoms with Crippen LogP contribution in [0.25, 0.3) is 10.9 Å². The van der Waals surface area contributed by atoms with Gasteiger partial charge in [0.25, 0.3) is 0 Å². The molecule has 1 N–H and O–H groups in total. The zero-order chi connectivity index (χ0) is 13.2. The van der Waals surface area contributed by atoms with Crippen molar-refractivity contribution in [1.29, 1.82) is 0 Å². The fourth-order valence-electron chi connectivity index (χ4n) is 1.94. The number of aromatic nitrogens is 3. The van der Waals surface area contributed by atoms with E-state index >= 15 is 0 Å². The summed E-state index contributed by atoms with van der Waals surface area (Å²) in [5.74, 6) is 0.225. The predicted molar refractivity (Wildman–Crippen MR) is 70.3 cm³/mol. The lowest BCUT2D eigenvalue weighted by atomic mass is 10.1. The molecule has 2 heterocycles. The van der Waals surface area contributed by atoms with Crippen molar-refractivity contribution in [3.8, 4) is 5.88 Å². The lowest BCUT2D eigenvalue weighted by molar-refractivity contribution is 0.103. The van der Waals surface area contributed by atoms with Gasteiger partial charge in [-0.05, 0) is 6.07 Å². The number of benzene rings is 1. The monoisotopic (exact) mass is 253 g/mol. The Bertz CT molecular complexity index is 732. The third kappa shape index (κ3) is 1.95. The van der Waals surface area contributed by atoms with Crippen LogP contribution in [0.2, 0.25) is 0 Å². The van der Waals surface area contributed by atoms with Gasteiger partial charge in [0.05, 0.1) is 19.5 Å². The Morgan fingerprint density at radius 3 is 2.79 bits per heavy atom. The molecule has 94 valence electrons. The minimum absolute atomic E-state index is 0.160. The van der Waals surface area contributed by atoms with Crippen LogP contribution >= 0.6 is 0 Å². The Labute approximate surface area is 109 Å². The van der Waals surface area contributed by atoms with Crippen LogP contribution < -0.4 is 4.74 Å². The molecule has 0 aliphatic rings. The van der Waals surface area contributed by atoms with E-state index in [9.17, 15) is 4.79 Å². The van der Waals surface area contributed by atoms with Crippen LogP contribution in [0, 0.1) is 0 Å². The van der Waals surface area contributed by atoms with Crippen molar-refractivity contribution in [3.05, 3.63) is 54.1 Å². The fraction of sp³-hybridized carbons (Fsp3) is 0.0714. The van der Waals surface area contributed by atoms with Gasteiger partial charge in [-0.15, -0.1) is 0 Å². The SMILES string of the molecule is COc1cnc(C(=O)c2c[nH]c3ccccc23)cn1. The maximum atomic E-state index is 12.4. The van der Waals surface area contributed by atoms with E-state index in [1.165, 1.54) is 19.5 Å². The number of nitrogens with zero attached hydrogens (tertiary/aromatic N) is 2. The van der Waals surface area contributed by atoms with Crippen LogP contribution in [0.3, 0.4) is 0 Å². The number of para-hydroxylation sites is 1. The van der Waals surface area contributed by atoms with Crippen LogP contribution in [0.4, 0.5) is 0 Å². The van der Waals surface area contributed by atoms with Gasteiger partial charge >= 0.3 is 0 Å². The first-order chi connectivity index (χ1) is 9.29. The number of fused-ring (bicyclic) bond motifs is 1. The first-order valence-corrected chi connectivity index (χ1v) is 5.76. The molecule has 3 rings (SSSR count). The second kappa shape index (κ2) is 4.53. The molecule has 0 spiro atoms. The molecule has 19 heavy (non-hydrogen) atoms. The smallest absolute Gasteiger partial charge is 0.232 e. The summed E-state index contributed by atoms with van der Waals surface area (Å²) in [5.41, 5.74) is 1.81. The van der Waals surface area contributed by atoms with E-state index in [2.05, 4.69) is 15.0 Å². The zero-order valence-electron chi connectivity index (χ0n) is 10.3. The van der Waals surface area contributed by atoms with Gasteiger partial charge in [-0.3, -0.25) is 4.79 Å². The van der Waals surface area contributed by atoms with Gasteiger partial charge in [0.1, 0.15) is 5.69 Å². The van der Waals surface area contributed by atoms with E-state index in [0.29, 0.717) is 17.1 Å². The van der Waals surface area contributed by atoms with Crippen LogP contribution in [0.1, 0.15) is 16.1 Å². The van der Waals surface area contributed by atoms with E-state index in [1.54, 1.807) is 6.20 Å². The molecule has 0 saturated carbocycles. The summed E-state index contributed by atoms with van der Waals surface area (Å²) >= 11 is 0. The number of ether oxygens (including phenoxy) is 1. The second-order valence-corrected chi connectivity index (χ2v) is 4.02. The average Bonchev–Trinajstić information content (AvgIpc) is 2.90. The number of ketones is 1. The highest BCUT2D eigenvalue weighted by Crippen LogP contribution is 2.20. The number of hydrogen-bond donors (Lipinski definition) is 1. The van der Waals surface area contributed by atoms with Gasteiger partial charge in [0.2, 0.25) is 11.7 Å². The average molecular weight is 253 g/mol. The van der Waals surface area contributed by atoms with E-state index in [4.69, 9.17) is 4.74 Å². The van der Waals surface area contributed by atoms with Crippen molar-refractivity contribution in [2.24, 2.45) is 0 Å². The summed E-state index contributed by atoms with van der Waals surface area (Å²) in [6.45, 7) is 0. The number of rotatable bonds is 3. The molecule has 0 saturated heterocycles. The number of aromatic amines is 1. The van der Waals surface area contributed by atoms with E-state index in [0.717, 1.165) is 10.9 Å². The molecule has 1 aromatic carbocycles. The molecular formula is C14H11N3O2. The van der Waals surface area contributed by atoms with E-state index < -0.39 is 0 Å². The van der Waals surface area contributed by atoms with Crippen molar-refractivity contribution < 1.29 is 9.53 Å². The predicted octanol–water partition coefficient (Wildman–Crippen LogP) is 2.20. The summed E-state index contributed by atoms with van der Waals surface area (Å²) in [5, 5.41) is 0.880. The molecule has 0 atom stereocenters. The Balaban J connectivity index is 2.03.